The van der Waals surface area contributed by atoms with E-state index in [0.717, 1.165) is 11.3 Å². The fraction of sp³-hybridized carbons (Fsp3) is 0.588. The van der Waals surface area contributed by atoms with Gasteiger partial charge >= 0.3 is 0 Å². The van der Waals surface area contributed by atoms with Gasteiger partial charge in [-0.05, 0) is 50.4 Å². The fourth-order valence-corrected chi connectivity index (χ4v) is 3.64. The number of hydrogen-bond acceptors (Lipinski definition) is 3. The molecule has 1 amide bonds. The Kier molecular flexibility index (Phi) is 4.56. The zero-order chi connectivity index (χ0) is 14.7. The van der Waals surface area contributed by atoms with Crippen molar-refractivity contribution in [1.29, 1.82) is 0 Å². The predicted molar refractivity (Wildman–Crippen MR) is 85.4 cm³/mol. The van der Waals surface area contributed by atoms with Crippen molar-refractivity contribution in [2.75, 3.05) is 25.0 Å². The first-order valence-corrected chi connectivity index (χ1v) is 8.06. The number of fused-ring (bicyclic) bond motifs is 1. The maximum absolute atomic E-state index is 12.1. The molecule has 2 aliphatic heterocycles. The SMILES string of the molecule is Cc1cccc(NC(=O)CNC2CCN3CCCCC23)c1. The van der Waals surface area contributed by atoms with Crippen LogP contribution in [0.15, 0.2) is 24.3 Å². The average molecular weight is 287 g/mol. The number of carbonyl (C=O) groups is 1. The summed E-state index contributed by atoms with van der Waals surface area (Å²) in [6.07, 6.45) is 5.10. The molecule has 2 N–H and O–H groups in total. The normalized spacial score (nSPS) is 25.6. The van der Waals surface area contributed by atoms with Crippen LogP contribution in [-0.4, -0.2) is 42.5 Å². The van der Waals surface area contributed by atoms with E-state index in [0.29, 0.717) is 18.6 Å². The maximum Gasteiger partial charge on any atom is 0.238 e. The second kappa shape index (κ2) is 6.58. The zero-order valence-corrected chi connectivity index (χ0v) is 12.8. The molecular weight excluding hydrogens is 262 g/mol. The molecule has 2 unspecified atom stereocenters. The van der Waals surface area contributed by atoms with E-state index in [2.05, 4.69) is 15.5 Å². The number of nitrogens with zero attached hydrogens (tertiary/aromatic N) is 1. The van der Waals surface area contributed by atoms with Crippen LogP contribution in [0.4, 0.5) is 5.69 Å². The van der Waals surface area contributed by atoms with Crippen molar-refractivity contribution in [3.8, 4) is 0 Å². The minimum absolute atomic E-state index is 0.0508. The van der Waals surface area contributed by atoms with Gasteiger partial charge in [-0.2, -0.15) is 0 Å². The van der Waals surface area contributed by atoms with Crippen LogP contribution in [0.1, 0.15) is 31.2 Å². The molecule has 0 radical (unpaired) electrons. The first kappa shape index (κ1) is 14.5. The number of carbonyl (C=O) groups excluding carboxylic acids is 1. The molecule has 2 fully saturated rings. The lowest BCUT2D eigenvalue weighted by Gasteiger charge is -2.32. The molecule has 4 heteroatoms. The van der Waals surface area contributed by atoms with Crippen LogP contribution in [-0.2, 0) is 4.79 Å². The molecule has 3 rings (SSSR count). The van der Waals surface area contributed by atoms with E-state index < -0.39 is 0 Å². The molecule has 2 aliphatic rings. The summed E-state index contributed by atoms with van der Waals surface area (Å²) in [7, 11) is 0. The summed E-state index contributed by atoms with van der Waals surface area (Å²) in [4.78, 5) is 14.6. The highest BCUT2D eigenvalue weighted by molar-refractivity contribution is 5.92. The quantitative estimate of drug-likeness (QED) is 0.892. The molecule has 0 aromatic heterocycles. The largest absolute Gasteiger partial charge is 0.325 e. The van der Waals surface area contributed by atoms with Crippen molar-refractivity contribution in [2.45, 2.75) is 44.7 Å². The van der Waals surface area contributed by atoms with Gasteiger partial charge in [-0.15, -0.1) is 0 Å². The number of anilines is 1. The van der Waals surface area contributed by atoms with E-state index in [1.54, 1.807) is 0 Å². The molecular formula is C17H25N3O. The van der Waals surface area contributed by atoms with Crippen LogP contribution in [0, 0.1) is 6.92 Å². The third-order valence-electron chi connectivity index (χ3n) is 4.68. The minimum Gasteiger partial charge on any atom is -0.325 e. The summed E-state index contributed by atoms with van der Waals surface area (Å²) in [5.41, 5.74) is 2.04. The Hall–Kier alpha value is -1.39. The van der Waals surface area contributed by atoms with Crippen molar-refractivity contribution in [3.63, 3.8) is 0 Å². The van der Waals surface area contributed by atoms with E-state index in [1.807, 2.05) is 31.2 Å². The van der Waals surface area contributed by atoms with E-state index in [4.69, 9.17) is 0 Å². The number of nitrogens with one attached hydrogen (secondary N) is 2. The highest BCUT2D eigenvalue weighted by Gasteiger charge is 2.35. The Morgan fingerprint density at radius 3 is 3.05 bits per heavy atom. The Morgan fingerprint density at radius 1 is 1.29 bits per heavy atom. The number of benzene rings is 1. The van der Waals surface area contributed by atoms with Crippen LogP contribution in [0.3, 0.4) is 0 Å². The third kappa shape index (κ3) is 3.63. The summed E-state index contributed by atoms with van der Waals surface area (Å²) >= 11 is 0. The molecule has 0 bridgehead atoms. The van der Waals surface area contributed by atoms with E-state index >= 15 is 0 Å². The van der Waals surface area contributed by atoms with Gasteiger partial charge in [-0.25, -0.2) is 0 Å². The molecule has 0 saturated carbocycles. The number of piperidine rings is 1. The van der Waals surface area contributed by atoms with Crippen molar-refractivity contribution in [3.05, 3.63) is 29.8 Å². The molecule has 1 aromatic carbocycles. The lowest BCUT2D eigenvalue weighted by molar-refractivity contribution is -0.115. The zero-order valence-electron chi connectivity index (χ0n) is 12.8. The van der Waals surface area contributed by atoms with Crippen molar-refractivity contribution >= 4 is 11.6 Å². The standard InChI is InChI=1S/C17H25N3O/c1-13-5-4-6-14(11-13)19-17(21)12-18-15-8-10-20-9-3-2-7-16(15)20/h4-6,11,15-16,18H,2-3,7-10,12H2,1H3,(H,19,21). The Balaban J connectivity index is 1.47. The van der Waals surface area contributed by atoms with Gasteiger partial charge in [0.2, 0.25) is 5.91 Å². The number of aryl methyl sites for hydroxylation is 1. The number of amides is 1. The second-order valence-electron chi connectivity index (χ2n) is 6.29. The lowest BCUT2D eigenvalue weighted by Crippen LogP contribution is -2.46. The van der Waals surface area contributed by atoms with E-state index in [-0.39, 0.29) is 5.91 Å². The molecule has 0 aliphatic carbocycles. The third-order valence-corrected chi connectivity index (χ3v) is 4.68. The topological polar surface area (TPSA) is 44.4 Å². The van der Waals surface area contributed by atoms with Gasteiger partial charge in [0.1, 0.15) is 0 Å². The first-order valence-electron chi connectivity index (χ1n) is 8.06. The molecule has 4 nitrogen and oxygen atoms in total. The minimum atomic E-state index is 0.0508. The molecule has 114 valence electrons. The molecule has 2 saturated heterocycles. The average Bonchev–Trinajstić information content (AvgIpc) is 2.88. The fourth-order valence-electron chi connectivity index (χ4n) is 3.64. The lowest BCUT2D eigenvalue weighted by atomic mass is 9.99. The Morgan fingerprint density at radius 2 is 2.19 bits per heavy atom. The highest BCUT2D eigenvalue weighted by atomic mass is 16.1. The molecule has 2 heterocycles. The highest BCUT2D eigenvalue weighted by Crippen LogP contribution is 2.26. The van der Waals surface area contributed by atoms with E-state index in [9.17, 15) is 4.79 Å². The Bertz CT molecular complexity index is 503. The summed E-state index contributed by atoms with van der Waals surface area (Å²) in [5.74, 6) is 0.0508. The molecule has 1 aromatic rings. The van der Waals surface area contributed by atoms with Crippen molar-refractivity contribution in [2.24, 2.45) is 0 Å². The molecule has 0 spiro atoms. The van der Waals surface area contributed by atoms with Crippen LogP contribution in [0.2, 0.25) is 0 Å². The van der Waals surface area contributed by atoms with Crippen molar-refractivity contribution < 1.29 is 4.79 Å². The number of hydrogen-bond donors (Lipinski definition) is 2. The van der Waals surface area contributed by atoms with E-state index in [1.165, 1.54) is 38.8 Å². The monoisotopic (exact) mass is 287 g/mol. The first-order chi connectivity index (χ1) is 10.2. The smallest absolute Gasteiger partial charge is 0.238 e. The van der Waals surface area contributed by atoms with Crippen LogP contribution < -0.4 is 10.6 Å². The summed E-state index contributed by atoms with van der Waals surface area (Å²) < 4.78 is 0. The summed E-state index contributed by atoms with van der Waals surface area (Å²) in [6, 6.07) is 9.05. The van der Waals surface area contributed by atoms with Crippen LogP contribution in [0.5, 0.6) is 0 Å². The number of rotatable bonds is 4. The van der Waals surface area contributed by atoms with Gasteiger partial charge < -0.3 is 10.6 Å². The van der Waals surface area contributed by atoms with Gasteiger partial charge in [0.25, 0.3) is 0 Å². The Labute approximate surface area is 126 Å². The van der Waals surface area contributed by atoms with Gasteiger partial charge in [0.05, 0.1) is 6.54 Å². The molecule has 2 atom stereocenters. The van der Waals surface area contributed by atoms with Gasteiger partial charge in [0.15, 0.2) is 0 Å². The van der Waals surface area contributed by atoms with Gasteiger partial charge in [-0.1, -0.05) is 18.6 Å². The van der Waals surface area contributed by atoms with Crippen LogP contribution >= 0.6 is 0 Å². The van der Waals surface area contributed by atoms with Crippen LogP contribution in [0.25, 0.3) is 0 Å². The predicted octanol–water partition coefficient (Wildman–Crippen LogP) is 2.15. The van der Waals surface area contributed by atoms with Gasteiger partial charge in [0, 0.05) is 24.3 Å². The molecule has 21 heavy (non-hydrogen) atoms. The summed E-state index contributed by atoms with van der Waals surface area (Å²) in [5, 5.41) is 6.43. The van der Waals surface area contributed by atoms with Crippen molar-refractivity contribution in [1.82, 2.24) is 10.2 Å². The van der Waals surface area contributed by atoms with Gasteiger partial charge in [-0.3, -0.25) is 9.69 Å². The second-order valence-corrected chi connectivity index (χ2v) is 6.29. The summed E-state index contributed by atoms with van der Waals surface area (Å²) in [6.45, 7) is 4.85. The maximum atomic E-state index is 12.1.